The molecule has 0 aliphatic carbocycles. The third-order valence-electron chi connectivity index (χ3n) is 5.18. The Labute approximate surface area is 175 Å². The first-order valence-corrected chi connectivity index (χ1v) is 9.64. The van der Waals surface area contributed by atoms with Gasteiger partial charge >= 0.3 is 0 Å². The van der Waals surface area contributed by atoms with Crippen molar-refractivity contribution in [3.63, 3.8) is 0 Å². The van der Waals surface area contributed by atoms with Crippen molar-refractivity contribution in [3.8, 4) is 23.0 Å². The molecule has 1 amide bonds. The fourth-order valence-corrected chi connectivity index (χ4v) is 3.54. The van der Waals surface area contributed by atoms with Crippen LogP contribution in [0.25, 0.3) is 23.0 Å². The highest BCUT2D eigenvalue weighted by Gasteiger charge is 2.29. The van der Waals surface area contributed by atoms with Gasteiger partial charge in [-0.25, -0.2) is 13.5 Å². The molecule has 1 aliphatic heterocycles. The number of benzene rings is 2. The van der Waals surface area contributed by atoms with Gasteiger partial charge in [-0.05, 0) is 24.6 Å². The summed E-state index contributed by atoms with van der Waals surface area (Å²) in [5.74, 6) is -1.68. The molecule has 1 aliphatic rings. The van der Waals surface area contributed by atoms with E-state index in [0.717, 1.165) is 17.7 Å². The van der Waals surface area contributed by atoms with Crippen LogP contribution in [0, 0.1) is 11.6 Å². The maximum atomic E-state index is 13.5. The molecular formula is C21H16F2N6O2. The van der Waals surface area contributed by atoms with Crippen LogP contribution in [-0.2, 0) is 0 Å². The molecule has 10 heteroatoms. The number of amides is 1. The van der Waals surface area contributed by atoms with E-state index in [4.69, 9.17) is 4.52 Å². The summed E-state index contributed by atoms with van der Waals surface area (Å²) < 4.78 is 33.5. The number of carbonyl (C=O) groups is 1. The quantitative estimate of drug-likeness (QED) is 0.501. The molecule has 0 saturated carbocycles. The van der Waals surface area contributed by atoms with Gasteiger partial charge in [0.15, 0.2) is 17.3 Å². The van der Waals surface area contributed by atoms with Crippen LogP contribution in [0.1, 0.15) is 22.8 Å². The van der Waals surface area contributed by atoms with Crippen LogP contribution in [0.5, 0.6) is 0 Å². The van der Waals surface area contributed by atoms with Crippen molar-refractivity contribution in [3.05, 3.63) is 71.9 Å². The molecule has 156 valence electrons. The molecule has 5 rings (SSSR count). The second kappa shape index (κ2) is 7.71. The zero-order chi connectivity index (χ0) is 21.4. The van der Waals surface area contributed by atoms with Crippen LogP contribution < -0.4 is 0 Å². The Morgan fingerprint density at radius 3 is 2.74 bits per heavy atom. The molecule has 2 aromatic carbocycles. The second-order valence-corrected chi connectivity index (χ2v) is 7.20. The Bertz CT molecular complexity index is 1240. The molecule has 4 aromatic rings. The number of rotatable bonds is 4. The summed E-state index contributed by atoms with van der Waals surface area (Å²) in [6, 6.07) is 12.5. The number of hydrogen-bond acceptors (Lipinski definition) is 6. The van der Waals surface area contributed by atoms with Crippen LogP contribution in [-0.4, -0.2) is 49.0 Å². The van der Waals surface area contributed by atoms with Gasteiger partial charge in [-0.3, -0.25) is 4.79 Å². The normalized spacial score (nSPS) is 16.1. The molecule has 0 N–H and O–H groups in total. The second-order valence-electron chi connectivity index (χ2n) is 7.20. The van der Waals surface area contributed by atoms with Crippen molar-refractivity contribution in [1.82, 2.24) is 30.0 Å². The highest BCUT2D eigenvalue weighted by atomic mass is 19.2. The van der Waals surface area contributed by atoms with Gasteiger partial charge in [0.2, 0.25) is 5.82 Å². The van der Waals surface area contributed by atoms with Gasteiger partial charge in [-0.1, -0.05) is 40.7 Å². The first kappa shape index (κ1) is 19.0. The topological polar surface area (TPSA) is 89.9 Å². The summed E-state index contributed by atoms with van der Waals surface area (Å²) in [4.78, 5) is 18.6. The van der Waals surface area contributed by atoms with E-state index in [9.17, 15) is 13.6 Å². The summed E-state index contributed by atoms with van der Waals surface area (Å²) in [6.07, 6.45) is 2.34. The first-order chi connectivity index (χ1) is 15.1. The number of hydrogen-bond donors (Lipinski definition) is 0. The predicted octanol–water partition coefficient (Wildman–Crippen LogP) is 3.36. The van der Waals surface area contributed by atoms with Crippen molar-refractivity contribution >= 4 is 5.91 Å². The summed E-state index contributed by atoms with van der Waals surface area (Å²) in [5, 5.41) is 12.2. The van der Waals surface area contributed by atoms with E-state index in [1.165, 1.54) is 6.07 Å². The van der Waals surface area contributed by atoms with E-state index < -0.39 is 11.6 Å². The first-order valence-electron chi connectivity index (χ1n) is 9.64. The van der Waals surface area contributed by atoms with E-state index in [-0.39, 0.29) is 23.4 Å². The van der Waals surface area contributed by atoms with Gasteiger partial charge in [0, 0.05) is 24.2 Å². The average molecular weight is 422 g/mol. The Morgan fingerprint density at radius 2 is 1.94 bits per heavy atom. The van der Waals surface area contributed by atoms with Crippen molar-refractivity contribution in [2.45, 2.75) is 12.5 Å². The minimum atomic E-state index is -1.04. The molecule has 0 bridgehead atoms. The summed E-state index contributed by atoms with van der Waals surface area (Å²) in [5.41, 5.74) is 1.37. The fourth-order valence-electron chi connectivity index (χ4n) is 3.54. The highest BCUT2D eigenvalue weighted by molar-refractivity contribution is 5.94. The van der Waals surface area contributed by atoms with Gasteiger partial charge in [0.1, 0.15) is 0 Å². The summed E-state index contributed by atoms with van der Waals surface area (Å²) >= 11 is 0. The van der Waals surface area contributed by atoms with Crippen LogP contribution in [0.15, 0.2) is 59.3 Å². The average Bonchev–Trinajstić information content (AvgIpc) is 3.55. The minimum Gasteiger partial charge on any atom is -0.336 e. The van der Waals surface area contributed by atoms with E-state index >= 15 is 0 Å². The molecule has 0 radical (unpaired) electrons. The Morgan fingerprint density at radius 1 is 1.10 bits per heavy atom. The molecule has 31 heavy (non-hydrogen) atoms. The van der Waals surface area contributed by atoms with Crippen molar-refractivity contribution < 1.29 is 18.1 Å². The van der Waals surface area contributed by atoms with Crippen LogP contribution in [0.2, 0.25) is 0 Å². The zero-order valence-electron chi connectivity index (χ0n) is 16.2. The number of nitrogens with zero attached hydrogens (tertiary/aromatic N) is 6. The molecule has 2 aromatic heterocycles. The monoisotopic (exact) mass is 422 g/mol. The van der Waals surface area contributed by atoms with Crippen LogP contribution in [0.3, 0.4) is 0 Å². The molecule has 1 atom stereocenters. The molecule has 1 saturated heterocycles. The van der Waals surface area contributed by atoms with Gasteiger partial charge < -0.3 is 9.42 Å². The maximum Gasteiger partial charge on any atom is 0.280 e. The predicted molar refractivity (Wildman–Crippen MR) is 105 cm³/mol. The SMILES string of the molecule is O=C(c1ccc(F)c(F)c1)N1CC[C@@H](n2cc(-c3nc(-c4ccccc4)no3)nn2)C1. The number of aromatic nitrogens is 5. The highest BCUT2D eigenvalue weighted by Crippen LogP contribution is 2.25. The van der Waals surface area contributed by atoms with Gasteiger partial charge in [0.05, 0.1) is 12.2 Å². The third-order valence-corrected chi connectivity index (χ3v) is 5.18. The van der Waals surface area contributed by atoms with E-state index in [2.05, 4.69) is 20.5 Å². The van der Waals surface area contributed by atoms with E-state index in [1.807, 2.05) is 30.3 Å². The molecule has 0 unspecified atom stereocenters. The summed E-state index contributed by atoms with van der Waals surface area (Å²) in [7, 11) is 0. The largest absolute Gasteiger partial charge is 0.336 e. The smallest absolute Gasteiger partial charge is 0.280 e. The van der Waals surface area contributed by atoms with E-state index in [0.29, 0.717) is 31.0 Å². The maximum absolute atomic E-state index is 13.5. The van der Waals surface area contributed by atoms with Crippen LogP contribution in [0.4, 0.5) is 8.78 Å². The van der Waals surface area contributed by atoms with Crippen molar-refractivity contribution in [2.75, 3.05) is 13.1 Å². The Kier molecular flexibility index (Phi) is 4.73. The number of likely N-dealkylation sites (tertiary alicyclic amines) is 1. The number of halogens is 2. The van der Waals surface area contributed by atoms with Gasteiger partial charge in [-0.2, -0.15) is 4.98 Å². The Balaban J connectivity index is 1.29. The lowest BCUT2D eigenvalue weighted by molar-refractivity contribution is 0.0786. The lowest BCUT2D eigenvalue weighted by Crippen LogP contribution is -2.29. The van der Waals surface area contributed by atoms with Gasteiger partial charge in [0.25, 0.3) is 11.8 Å². The molecule has 1 fully saturated rings. The molecular weight excluding hydrogens is 406 g/mol. The van der Waals surface area contributed by atoms with Gasteiger partial charge in [-0.15, -0.1) is 5.10 Å². The molecule has 3 heterocycles. The van der Waals surface area contributed by atoms with Crippen molar-refractivity contribution in [2.24, 2.45) is 0 Å². The Hall–Kier alpha value is -3.95. The standard InChI is InChI=1S/C21H16F2N6O2/c22-16-7-6-14(10-17(16)23)21(30)28-9-8-15(11-28)29-12-18(25-27-29)20-24-19(26-31-20)13-4-2-1-3-5-13/h1-7,10,12,15H,8-9,11H2/t15-/m1/s1. The van der Waals surface area contributed by atoms with E-state index in [1.54, 1.807) is 15.8 Å². The fraction of sp³-hybridized carbons (Fsp3) is 0.190. The summed E-state index contributed by atoms with van der Waals surface area (Å²) in [6.45, 7) is 0.843. The van der Waals surface area contributed by atoms with Crippen molar-refractivity contribution in [1.29, 1.82) is 0 Å². The minimum absolute atomic E-state index is 0.105. The zero-order valence-corrected chi connectivity index (χ0v) is 16.2. The molecule has 0 spiro atoms. The lowest BCUT2D eigenvalue weighted by Gasteiger charge is -2.16. The lowest BCUT2D eigenvalue weighted by atomic mass is 10.2. The molecule has 8 nitrogen and oxygen atoms in total. The number of carbonyl (C=O) groups excluding carboxylic acids is 1. The third kappa shape index (κ3) is 3.67. The van der Waals surface area contributed by atoms with Crippen LogP contribution >= 0.6 is 0 Å².